The minimum atomic E-state index is -0.420. The largest absolute Gasteiger partial charge is 0.449 e. The predicted octanol–water partition coefficient (Wildman–Crippen LogP) is 4.83. The van der Waals surface area contributed by atoms with Gasteiger partial charge in [0.1, 0.15) is 6.61 Å². The molecule has 1 amide bonds. The summed E-state index contributed by atoms with van der Waals surface area (Å²) in [6, 6.07) is 20.5. The Balaban J connectivity index is 1.42. The van der Waals surface area contributed by atoms with Crippen molar-refractivity contribution in [2.45, 2.75) is 32.9 Å². The van der Waals surface area contributed by atoms with Crippen LogP contribution < -0.4 is 5.32 Å². The highest BCUT2D eigenvalue weighted by molar-refractivity contribution is 5.79. The number of aliphatic hydroxyl groups excluding tert-OH is 1. The molecule has 0 aromatic heterocycles. The van der Waals surface area contributed by atoms with Gasteiger partial charge in [-0.05, 0) is 58.4 Å². The first-order valence-electron chi connectivity index (χ1n) is 9.87. The van der Waals surface area contributed by atoms with Gasteiger partial charge in [-0.1, -0.05) is 60.7 Å². The lowest BCUT2D eigenvalue weighted by molar-refractivity contribution is 0.142. The van der Waals surface area contributed by atoms with Crippen LogP contribution in [0.4, 0.5) is 4.79 Å². The molecule has 29 heavy (non-hydrogen) atoms. The molecule has 0 spiro atoms. The molecule has 1 aliphatic rings. The molecule has 0 saturated carbocycles. The van der Waals surface area contributed by atoms with E-state index in [0.717, 1.165) is 22.3 Å². The van der Waals surface area contributed by atoms with Gasteiger partial charge in [0.25, 0.3) is 0 Å². The van der Waals surface area contributed by atoms with E-state index >= 15 is 0 Å². The molecule has 4 nitrogen and oxygen atoms in total. The van der Waals surface area contributed by atoms with E-state index in [1.165, 1.54) is 22.3 Å². The Hall–Kier alpha value is -3.11. The molecule has 0 aliphatic heterocycles. The monoisotopic (exact) mass is 387 g/mol. The number of hydrogen-bond donors (Lipinski definition) is 2. The molecule has 1 aliphatic carbocycles. The number of aryl methyl sites for hydroxylation is 2. The van der Waals surface area contributed by atoms with Crippen molar-refractivity contribution in [3.05, 3.63) is 94.0 Å². The Kier molecular flexibility index (Phi) is 5.36. The van der Waals surface area contributed by atoms with Crippen molar-refractivity contribution >= 4 is 6.09 Å². The minimum Gasteiger partial charge on any atom is -0.449 e. The zero-order valence-electron chi connectivity index (χ0n) is 16.7. The third kappa shape index (κ3) is 3.76. The Morgan fingerprint density at radius 3 is 2.07 bits per heavy atom. The lowest BCUT2D eigenvalue weighted by atomic mass is 9.98. The smallest absolute Gasteiger partial charge is 0.407 e. The van der Waals surface area contributed by atoms with Crippen LogP contribution in [-0.2, 0) is 17.9 Å². The van der Waals surface area contributed by atoms with E-state index in [1.54, 1.807) is 0 Å². The van der Waals surface area contributed by atoms with Crippen molar-refractivity contribution < 1.29 is 14.6 Å². The van der Waals surface area contributed by atoms with E-state index in [-0.39, 0.29) is 12.5 Å². The van der Waals surface area contributed by atoms with Crippen LogP contribution in [0.15, 0.2) is 60.7 Å². The first-order chi connectivity index (χ1) is 14.1. The second-order valence-electron chi connectivity index (χ2n) is 7.55. The fourth-order valence-electron chi connectivity index (χ4n) is 4.26. The maximum absolute atomic E-state index is 12.4. The molecule has 3 aromatic rings. The standard InChI is InChI=1S/C25H25NO3/c1-16-11-18(14-27)12-17(2)23(16)13-26-25(28)29-15-24-21-9-5-3-7-19(21)20-8-4-6-10-22(20)24/h3-12,24,27H,13-15H2,1-2H3,(H,26,28). The van der Waals surface area contributed by atoms with Crippen molar-refractivity contribution in [1.29, 1.82) is 0 Å². The number of rotatable bonds is 5. The second-order valence-corrected chi connectivity index (χ2v) is 7.55. The van der Waals surface area contributed by atoms with Crippen LogP contribution in [0.25, 0.3) is 11.1 Å². The van der Waals surface area contributed by atoms with Gasteiger partial charge in [-0.25, -0.2) is 4.79 Å². The third-order valence-corrected chi connectivity index (χ3v) is 5.69. The number of nitrogens with one attached hydrogen (secondary N) is 1. The molecule has 0 saturated heterocycles. The molecule has 0 bridgehead atoms. The zero-order chi connectivity index (χ0) is 20.4. The quantitative estimate of drug-likeness (QED) is 0.659. The highest BCUT2D eigenvalue weighted by Crippen LogP contribution is 2.44. The van der Waals surface area contributed by atoms with E-state index in [9.17, 15) is 9.90 Å². The molecular formula is C25H25NO3. The third-order valence-electron chi connectivity index (χ3n) is 5.69. The maximum Gasteiger partial charge on any atom is 0.407 e. The molecule has 148 valence electrons. The van der Waals surface area contributed by atoms with Gasteiger partial charge in [0.05, 0.1) is 6.61 Å². The Morgan fingerprint density at radius 1 is 0.966 bits per heavy atom. The minimum absolute atomic E-state index is 0.0156. The molecule has 0 heterocycles. The van der Waals surface area contributed by atoms with Crippen LogP contribution in [0, 0.1) is 13.8 Å². The summed E-state index contributed by atoms with van der Waals surface area (Å²) in [5.74, 6) is 0.0560. The number of aliphatic hydroxyl groups is 1. The van der Waals surface area contributed by atoms with Crippen molar-refractivity contribution in [3.8, 4) is 11.1 Å². The van der Waals surface area contributed by atoms with Crippen LogP contribution in [0.2, 0.25) is 0 Å². The SMILES string of the molecule is Cc1cc(CO)cc(C)c1CNC(=O)OCC1c2ccccc2-c2ccccc21. The maximum atomic E-state index is 12.4. The number of alkyl carbamates (subject to hydrolysis) is 1. The molecule has 4 heteroatoms. The van der Waals surface area contributed by atoms with Crippen LogP contribution in [-0.4, -0.2) is 17.8 Å². The van der Waals surface area contributed by atoms with Crippen molar-refractivity contribution in [3.63, 3.8) is 0 Å². The average molecular weight is 387 g/mol. The van der Waals surface area contributed by atoms with Gasteiger partial charge >= 0.3 is 6.09 Å². The highest BCUT2D eigenvalue weighted by atomic mass is 16.5. The molecule has 4 rings (SSSR count). The van der Waals surface area contributed by atoms with Crippen LogP contribution >= 0.6 is 0 Å². The summed E-state index contributed by atoms with van der Waals surface area (Å²) in [7, 11) is 0. The lowest BCUT2D eigenvalue weighted by Crippen LogP contribution is -2.26. The van der Waals surface area contributed by atoms with E-state index in [0.29, 0.717) is 13.2 Å². The summed E-state index contributed by atoms with van der Waals surface area (Å²) in [6.07, 6.45) is -0.420. The molecule has 0 unspecified atom stereocenters. The van der Waals surface area contributed by atoms with E-state index in [1.807, 2.05) is 50.2 Å². The van der Waals surface area contributed by atoms with Crippen LogP contribution in [0.5, 0.6) is 0 Å². The van der Waals surface area contributed by atoms with Gasteiger partial charge in [-0.15, -0.1) is 0 Å². The van der Waals surface area contributed by atoms with E-state index in [2.05, 4.69) is 29.6 Å². The van der Waals surface area contributed by atoms with E-state index in [4.69, 9.17) is 4.74 Å². The number of fused-ring (bicyclic) bond motifs is 3. The molecular weight excluding hydrogens is 362 g/mol. The summed E-state index contributed by atoms with van der Waals surface area (Å²) >= 11 is 0. The predicted molar refractivity (Wildman–Crippen MR) is 114 cm³/mol. The number of ether oxygens (including phenoxy) is 1. The lowest BCUT2D eigenvalue weighted by Gasteiger charge is -2.16. The Morgan fingerprint density at radius 2 is 1.52 bits per heavy atom. The van der Waals surface area contributed by atoms with Gasteiger partial charge in [-0.2, -0.15) is 0 Å². The fourth-order valence-corrected chi connectivity index (χ4v) is 4.26. The first kappa shape index (κ1) is 19.2. The molecule has 0 atom stereocenters. The number of carbonyl (C=O) groups is 1. The van der Waals surface area contributed by atoms with Gasteiger partial charge in [-0.3, -0.25) is 0 Å². The number of carbonyl (C=O) groups excluding carboxylic acids is 1. The number of hydrogen-bond acceptors (Lipinski definition) is 3. The zero-order valence-corrected chi connectivity index (χ0v) is 16.7. The summed E-state index contributed by atoms with van der Waals surface area (Å²) < 4.78 is 5.60. The highest BCUT2D eigenvalue weighted by Gasteiger charge is 2.28. The summed E-state index contributed by atoms with van der Waals surface area (Å²) in [6.45, 7) is 4.70. The van der Waals surface area contributed by atoms with E-state index < -0.39 is 6.09 Å². The molecule has 2 N–H and O–H groups in total. The van der Waals surface area contributed by atoms with Crippen LogP contribution in [0.3, 0.4) is 0 Å². The molecule has 0 radical (unpaired) electrons. The van der Waals surface area contributed by atoms with Gasteiger partial charge < -0.3 is 15.2 Å². The van der Waals surface area contributed by atoms with Crippen LogP contribution in [0.1, 0.15) is 39.3 Å². The summed E-state index contributed by atoms with van der Waals surface area (Å²) in [4.78, 5) is 12.4. The van der Waals surface area contributed by atoms with Crippen molar-refractivity contribution in [1.82, 2.24) is 5.32 Å². The van der Waals surface area contributed by atoms with Crippen molar-refractivity contribution in [2.24, 2.45) is 0 Å². The van der Waals surface area contributed by atoms with Crippen molar-refractivity contribution in [2.75, 3.05) is 6.61 Å². The van der Waals surface area contributed by atoms with Gasteiger partial charge in [0, 0.05) is 12.5 Å². The Bertz CT molecular complexity index is 989. The summed E-state index contributed by atoms with van der Waals surface area (Å²) in [5.41, 5.74) is 8.86. The van der Waals surface area contributed by atoms with Gasteiger partial charge in [0.15, 0.2) is 0 Å². The average Bonchev–Trinajstić information content (AvgIpc) is 3.05. The second kappa shape index (κ2) is 8.10. The van der Waals surface area contributed by atoms with Gasteiger partial charge in [0.2, 0.25) is 0 Å². The molecule has 3 aromatic carbocycles. The molecule has 0 fully saturated rings. The number of benzene rings is 3. The normalized spacial score (nSPS) is 12.4. The summed E-state index contributed by atoms with van der Waals surface area (Å²) in [5, 5.41) is 12.2. The topological polar surface area (TPSA) is 58.6 Å². The Labute approximate surface area is 171 Å². The fraction of sp³-hybridized carbons (Fsp3) is 0.240. The first-order valence-corrected chi connectivity index (χ1v) is 9.87. The number of amides is 1.